The minimum atomic E-state index is -0.561. The number of nitrogens with one attached hydrogen (secondary N) is 1. The summed E-state index contributed by atoms with van der Waals surface area (Å²) in [6, 6.07) is 9.51. The molecule has 0 aliphatic rings. The zero-order valence-electron chi connectivity index (χ0n) is 12.4. The topological polar surface area (TPSA) is 21.3 Å². The monoisotopic (exact) mass is 291 g/mol. The number of likely N-dealkylation sites (N-methyl/N-ethyl adjacent to an activating group) is 1. The van der Waals surface area contributed by atoms with Gasteiger partial charge in [0.1, 0.15) is 17.4 Å². The average Bonchev–Trinajstić information content (AvgIpc) is 2.47. The summed E-state index contributed by atoms with van der Waals surface area (Å²) in [5.74, 6) is -0.282. The first kappa shape index (κ1) is 15.4. The number of halogens is 2. The van der Waals surface area contributed by atoms with Crippen LogP contribution in [0.3, 0.4) is 0 Å². The number of ether oxygens (including phenoxy) is 1. The van der Waals surface area contributed by atoms with Crippen LogP contribution >= 0.6 is 0 Å². The highest BCUT2D eigenvalue weighted by molar-refractivity contribution is 5.38. The lowest BCUT2D eigenvalue weighted by molar-refractivity contribution is 0.410. The predicted octanol–water partition coefficient (Wildman–Crippen LogP) is 3.79. The molecule has 0 aromatic heterocycles. The standard InChI is InChI=1S/C17H19F2NO/c1-11-4-5-13(9-17(11)21-3)16(20-2)8-12-6-7-14(18)10-15(12)19/h4-7,9-10,16,20H,8H2,1-3H3. The molecule has 1 unspecified atom stereocenters. The Bertz CT molecular complexity index is 628. The molecule has 2 aromatic carbocycles. The third kappa shape index (κ3) is 3.58. The molecule has 0 fully saturated rings. The van der Waals surface area contributed by atoms with E-state index in [2.05, 4.69) is 5.32 Å². The van der Waals surface area contributed by atoms with Crippen LogP contribution in [-0.2, 0) is 6.42 Å². The molecule has 2 nitrogen and oxygen atoms in total. The van der Waals surface area contributed by atoms with E-state index in [-0.39, 0.29) is 6.04 Å². The second-order valence-electron chi connectivity index (χ2n) is 5.01. The molecule has 1 N–H and O–H groups in total. The predicted molar refractivity (Wildman–Crippen MR) is 79.6 cm³/mol. The maximum Gasteiger partial charge on any atom is 0.129 e. The molecule has 0 radical (unpaired) electrons. The Morgan fingerprint density at radius 1 is 1.14 bits per heavy atom. The molecule has 0 amide bonds. The molecular formula is C17H19F2NO. The van der Waals surface area contributed by atoms with Crippen LogP contribution in [-0.4, -0.2) is 14.2 Å². The third-order valence-corrected chi connectivity index (χ3v) is 3.62. The van der Waals surface area contributed by atoms with Crippen LogP contribution in [0.2, 0.25) is 0 Å². The van der Waals surface area contributed by atoms with Crippen molar-refractivity contribution in [1.82, 2.24) is 5.32 Å². The van der Waals surface area contributed by atoms with Gasteiger partial charge in [-0.15, -0.1) is 0 Å². The Kier molecular flexibility index (Phi) is 4.91. The van der Waals surface area contributed by atoms with Crippen molar-refractivity contribution in [2.75, 3.05) is 14.2 Å². The molecule has 0 bridgehead atoms. The molecule has 0 aliphatic heterocycles. The van der Waals surface area contributed by atoms with Crippen LogP contribution in [0.1, 0.15) is 22.7 Å². The molecule has 21 heavy (non-hydrogen) atoms. The van der Waals surface area contributed by atoms with Crippen molar-refractivity contribution in [1.29, 1.82) is 0 Å². The van der Waals surface area contributed by atoms with E-state index in [1.807, 2.05) is 32.2 Å². The fourth-order valence-corrected chi connectivity index (χ4v) is 2.35. The van der Waals surface area contributed by atoms with Gasteiger partial charge in [-0.1, -0.05) is 18.2 Å². The summed E-state index contributed by atoms with van der Waals surface area (Å²) in [6.07, 6.45) is 0.439. The highest BCUT2D eigenvalue weighted by Crippen LogP contribution is 2.26. The zero-order valence-corrected chi connectivity index (χ0v) is 12.4. The van der Waals surface area contributed by atoms with Crippen LogP contribution in [0.15, 0.2) is 36.4 Å². The van der Waals surface area contributed by atoms with Gasteiger partial charge in [-0.3, -0.25) is 0 Å². The molecule has 4 heteroatoms. The van der Waals surface area contributed by atoms with Crippen molar-refractivity contribution in [3.05, 3.63) is 64.7 Å². The van der Waals surface area contributed by atoms with Crippen molar-refractivity contribution in [3.63, 3.8) is 0 Å². The van der Waals surface area contributed by atoms with Gasteiger partial charge >= 0.3 is 0 Å². The van der Waals surface area contributed by atoms with Gasteiger partial charge in [0, 0.05) is 12.1 Å². The maximum absolute atomic E-state index is 13.8. The minimum Gasteiger partial charge on any atom is -0.496 e. The molecule has 0 spiro atoms. The number of rotatable bonds is 5. The van der Waals surface area contributed by atoms with Gasteiger partial charge in [0.15, 0.2) is 0 Å². The van der Waals surface area contributed by atoms with E-state index in [0.717, 1.165) is 22.9 Å². The quantitative estimate of drug-likeness (QED) is 0.905. The van der Waals surface area contributed by atoms with Gasteiger partial charge in [0.25, 0.3) is 0 Å². The van der Waals surface area contributed by atoms with E-state index in [1.54, 1.807) is 7.11 Å². The Morgan fingerprint density at radius 3 is 2.52 bits per heavy atom. The molecular weight excluding hydrogens is 272 g/mol. The van der Waals surface area contributed by atoms with E-state index in [4.69, 9.17) is 4.74 Å². The first-order chi connectivity index (χ1) is 10.0. The zero-order chi connectivity index (χ0) is 15.4. The molecule has 112 valence electrons. The van der Waals surface area contributed by atoms with Crippen LogP contribution in [0.5, 0.6) is 5.75 Å². The molecule has 1 atom stereocenters. The fourth-order valence-electron chi connectivity index (χ4n) is 2.35. The third-order valence-electron chi connectivity index (χ3n) is 3.62. The number of methoxy groups -OCH3 is 1. The van der Waals surface area contributed by atoms with Crippen LogP contribution in [0, 0.1) is 18.6 Å². The number of hydrogen-bond donors (Lipinski definition) is 1. The molecule has 2 aromatic rings. The smallest absolute Gasteiger partial charge is 0.129 e. The number of benzene rings is 2. The van der Waals surface area contributed by atoms with E-state index in [0.29, 0.717) is 12.0 Å². The van der Waals surface area contributed by atoms with E-state index >= 15 is 0 Å². The largest absolute Gasteiger partial charge is 0.496 e. The molecule has 2 rings (SSSR count). The van der Waals surface area contributed by atoms with Crippen molar-refractivity contribution < 1.29 is 13.5 Å². The Balaban J connectivity index is 2.27. The lowest BCUT2D eigenvalue weighted by atomic mass is 9.97. The van der Waals surface area contributed by atoms with Crippen molar-refractivity contribution in [3.8, 4) is 5.75 Å². The molecule has 0 saturated heterocycles. The second-order valence-corrected chi connectivity index (χ2v) is 5.01. The normalized spacial score (nSPS) is 12.2. The van der Waals surface area contributed by atoms with Crippen molar-refractivity contribution >= 4 is 0 Å². The highest BCUT2D eigenvalue weighted by atomic mass is 19.1. The van der Waals surface area contributed by atoms with Crippen LogP contribution < -0.4 is 10.1 Å². The summed E-state index contributed by atoms with van der Waals surface area (Å²) in [4.78, 5) is 0. The Morgan fingerprint density at radius 2 is 1.90 bits per heavy atom. The first-order valence-corrected chi connectivity index (χ1v) is 6.81. The lowest BCUT2D eigenvalue weighted by Gasteiger charge is -2.18. The van der Waals surface area contributed by atoms with Gasteiger partial charge in [0.05, 0.1) is 7.11 Å². The van der Waals surface area contributed by atoms with Crippen molar-refractivity contribution in [2.24, 2.45) is 0 Å². The molecule has 0 aliphatic carbocycles. The van der Waals surface area contributed by atoms with Gasteiger partial charge in [-0.25, -0.2) is 8.78 Å². The second kappa shape index (κ2) is 6.68. The van der Waals surface area contributed by atoms with Crippen molar-refractivity contribution in [2.45, 2.75) is 19.4 Å². The van der Waals surface area contributed by atoms with Crippen LogP contribution in [0.4, 0.5) is 8.78 Å². The SMILES string of the molecule is CNC(Cc1ccc(F)cc1F)c1ccc(C)c(OC)c1. The molecule has 0 saturated carbocycles. The summed E-state index contributed by atoms with van der Waals surface area (Å²) >= 11 is 0. The summed E-state index contributed by atoms with van der Waals surface area (Å²) in [7, 11) is 3.44. The Labute approximate surface area is 123 Å². The average molecular weight is 291 g/mol. The van der Waals surface area contributed by atoms with Gasteiger partial charge < -0.3 is 10.1 Å². The van der Waals surface area contributed by atoms with E-state index in [9.17, 15) is 8.78 Å². The summed E-state index contributed by atoms with van der Waals surface area (Å²) < 4.78 is 32.1. The number of hydrogen-bond acceptors (Lipinski definition) is 2. The maximum atomic E-state index is 13.8. The summed E-state index contributed by atoms with van der Waals surface area (Å²) in [5, 5.41) is 3.16. The first-order valence-electron chi connectivity index (χ1n) is 6.81. The lowest BCUT2D eigenvalue weighted by Crippen LogP contribution is -2.19. The molecule has 0 heterocycles. The summed E-state index contributed by atoms with van der Waals surface area (Å²) in [5.41, 5.74) is 2.53. The van der Waals surface area contributed by atoms with Gasteiger partial charge in [-0.05, 0) is 49.2 Å². The summed E-state index contributed by atoms with van der Waals surface area (Å²) in [6.45, 7) is 1.97. The van der Waals surface area contributed by atoms with Gasteiger partial charge in [0.2, 0.25) is 0 Å². The fraction of sp³-hybridized carbons (Fsp3) is 0.294. The highest BCUT2D eigenvalue weighted by Gasteiger charge is 2.14. The van der Waals surface area contributed by atoms with Gasteiger partial charge in [-0.2, -0.15) is 0 Å². The van der Waals surface area contributed by atoms with E-state index < -0.39 is 11.6 Å². The van der Waals surface area contributed by atoms with Crippen LogP contribution in [0.25, 0.3) is 0 Å². The number of aryl methyl sites for hydroxylation is 1. The Hall–Kier alpha value is -1.94. The minimum absolute atomic E-state index is 0.0699. The van der Waals surface area contributed by atoms with E-state index in [1.165, 1.54) is 12.1 Å².